The zero-order valence-corrected chi connectivity index (χ0v) is 16.6. The molecule has 1 fully saturated rings. The van der Waals surface area contributed by atoms with Crippen LogP contribution in [0.1, 0.15) is 38.9 Å². The van der Waals surface area contributed by atoms with Gasteiger partial charge in [0.05, 0.1) is 27.7 Å². The first-order valence-electron chi connectivity index (χ1n) is 7.62. The average molecular weight is 464 g/mol. The van der Waals surface area contributed by atoms with E-state index in [1.54, 1.807) is 0 Å². The Balaban J connectivity index is 2.20. The van der Waals surface area contributed by atoms with Crippen molar-refractivity contribution >= 4 is 57.0 Å². The van der Waals surface area contributed by atoms with Gasteiger partial charge in [-0.2, -0.15) is 5.10 Å². The van der Waals surface area contributed by atoms with Gasteiger partial charge < -0.3 is 15.7 Å². The third kappa shape index (κ3) is 2.79. The molecule has 0 unspecified atom stereocenters. The number of amides is 1. The number of anilines is 1. The molecule has 24 heavy (non-hydrogen) atoms. The highest BCUT2D eigenvalue weighted by atomic mass is 127. The van der Waals surface area contributed by atoms with Gasteiger partial charge in [-0.25, -0.2) is 9.78 Å². The molecule has 3 heterocycles. The molecule has 1 saturated heterocycles. The van der Waals surface area contributed by atoms with Gasteiger partial charge in [-0.1, -0.05) is 32.4 Å². The summed E-state index contributed by atoms with van der Waals surface area (Å²) in [7, 11) is 0. The Kier molecular flexibility index (Phi) is 4.31. The maximum atomic E-state index is 11.2. The van der Waals surface area contributed by atoms with Crippen molar-refractivity contribution in [2.45, 2.75) is 38.6 Å². The van der Waals surface area contributed by atoms with Crippen LogP contribution in [0.15, 0.2) is 0 Å². The van der Waals surface area contributed by atoms with E-state index >= 15 is 0 Å². The number of likely N-dealkylation sites (tertiary alicyclic amines) is 1. The van der Waals surface area contributed by atoms with Crippen LogP contribution >= 0.6 is 34.2 Å². The molecule has 130 valence electrons. The number of hydrogen-bond acceptors (Lipinski definition) is 4. The third-order valence-corrected chi connectivity index (χ3v) is 5.38. The average Bonchev–Trinajstić information content (AvgIpc) is 3.06. The lowest BCUT2D eigenvalue weighted by Gasteiger charge is -2.21. The molecule has 0 aliphatic carbocycles. The van der Waals surface area contributed by atoms with Crippen molar-refractivity contribution in [3.8, 4) is 0 Å². The predicted molar refractivity (Wildman–Crippen MR) is 102 cm³/mol. The Morgan fingerprint density at radius 1 is 1.46 bits per heavy atom. The molecule has 9 heteroatoms. The number of aromatic nitrogens is 3. The SMILES string of the molecule is CC(C)(C)c1nc(N)c2c(I)nn([C@H]3CCN(C(=O)O)C3)c2c1Cl. The molecule has 1 aliphatic rings. The largest absolute Gasteiger partial charge is 0.465 e. The zero-order chi connectivity index (χ0) is 17.8. The van der Waals surface area contributed by atoms with E-state index in [0.29, 0.717) is 30.4 Å². The van der Waals surface area contributed by atoms with E-state index in [2.05, 4.69) is 32.7 Å². The molecule has 1 aliphatic heterocycles. The van der Waals surface area contributed by atoms with Gasteiger partial charge in [-0.05, 0) is 29.0 Å². The van der Waals surface area contributed by atoms with Crippen LogP contribution in [0.3, 0.4) is 0 Å². The molecule has 0 spiro atoms. The van der Waals surface area contributed by atoms with Crippen molar-refractivity contribution in [1.29, 1.82) is 0 Å². The van der Waals surface area contributed by atoms with E-state index in [1.165, 1.54) is 4.90 Å². The predicted octanol–water partition coefficient (Wildman–Crippen LogP) is 3.49. The fourth-order valence-corrected chi connectivity index (χ4v) is 4.33. The smallest absolute Gasteiger partial charge is 0.407 e. The molecular weight excluding hydrogens is 445 g/mol. The van der Waals surface area contributed by atoms with E-state index in [9.17, 15) is 9.90 Å². The van der Waals surface area contributed by atoms with E-state index in [4.69, 9.17) is 17.3 Å². The highest BCUT2D eigenvalue weighted by Gasteiger charge is 2.32. The van der Waals surface area contributed by atoms with Crippen molar-refractivity contribution < 1.29 is 9.90 Å². The fraction of sp³-hybridized carbons (Fsp3) is 0.533. The lowest BCUT2D eigenvalue weighted by molar-refractivity contribution is 0.154. The Hall–Kier alpha value is -1.29. The summed E-state index contributed by atoms with van der Waals surface area (Å²) in [5.41, 5.74) is 7.39. The molecular formula is C15H19ClIN5O2. The Morgan fingerprint density at radius 3 is 2.67 bits per heavy atom. The molecule has 0 radical (unpaired) electrons. The molecule has 0 aromatic carbocycles. The molecule has 2 aromatic heterocycles. The van der Waals surface area contributed by atoms with Crippen LogP contribution in [0.25, 0.3) is 10.9 Å². The molecule has 1 atom stereocenters. The first-order valence-corrected chi connectivity index (χ1v) is 9.08. The Labute approximate surface area is 158 Å². The zero-order valence-electron chi connectivity index (χ0n) is 13.7. The summed E-state index contributed by atoms with van der Waals surface area (Å²) in [6.07, 6.45) is -0.214. The number of nitrogens with zero attached hydrogens (tertiary/aromatic N) is 4. The first-order chi connectivity index (χ1) is 11.1. The number of rotatable bonds is 1. The topological polar surface area (TPSA) is 97.3 Å². The van der Waals surface area contributed by atoms with Crippen LogP contribution in [-0.2, 0) is 5.41 Å². The lowest BCUT2D eigenvalue weighted by Crippen LogP contribution is -2.27. The first kappa shape index (κ1) is 17.5. The van der Waals surface area contributed by atoms with Crippen LogP contribution in [0.2, 0.25) is 5.02 Å². The quantitative estimate of drug-likeness (QED) is 0.631. The normalized spacial score (nSPS) is 18.5. The second-order valence-electron chi connectivity index (χ2n) is 7.04. The molecule has 1 amide bonds. The minimum Gasteiger partial charge on any atom is -0.465 e. The van der Waals surface area contributed by atoms with Crippen molar-refractivity contribution in [3.05, 3.63) is 14.4 Å². The maximum absolute atomic E-state index is 11.2. The third-order valence-electron chi connectivity index (χ3n) is 4.26. The van der Waals surface area contributed by atoms with Gasteiger partial charge in [0.1, 0.15) is 9.52 Å². The molecule has 7 nitrogen and oxygen atoms in total. The van der Waals surface area contributed by atoms with Gasteiger partial charge >= 0.3 is 6.09 Å². The van der Waals surface area contributed by atoms with Crippen LogP contribution in [0.4, 0.5) is 10.6 Å². The van der Waals surface area contributed by atoms with Crippen LogP contribution in [0.5, 0.6) is 0 Å². The molecule has 2 aromatic rings. The summed E-state index contributed by atoms with van der Waals surface area (Å²) in [6, 6.07) is -0.0563. The number of hydrogen-bond donors (Lipinski definition) is 2. The maximum Gasteiger partial charge on any atom is 0.407 e. The second-order valence-corrected chi connectivity index (χ2v) is 8.44. The van der Waals surface area contributed by atoms with Crippen LogP contribution in [-0.4, -0.2) is 44.0 Å². The van der Waals surface area contributed by atoms with Gasteiger partial charge in [-0.3, -0.25) is 4.68 Å². The number of carbonyl (C=O) groups is 1. The van der Waals surface area contributed by atoms with E-state index in [-0.39, 0.29) is 11.5 Å². The van der Waals surface area contributed by atoms with Crippen molar-refractivity contribution in [2.75, 3.05) is 18.8 Å². The van der Waals surface area contributed by atoms with Gasteiger partial charge in [0.25, 0.3) is 0 Å². The summed E-state index contributed by atoms with van der Waals surface area (Å²) < 4.78 is 2.55. The highest BCUT2D eigenvalue weighted by Crippen LogP contribution is 2.39. The van der Waals surface area contributed by atoms with Crippen molar-refractivity contribution in [3.63, 3.8) is 0 Å². The minimum absolute atomic E-state index is 0.0563. The summed E-state index contributed by atoms with van der Waals surface area (Å²) >= 11 is 8.80. The Morgan fingerprint density at radius 2 is 2.12 bits per heavy atom. The van der Waals surface area contributed by atoms with Crippen molar-refractivity contribution in [2.24, 2.45) is 0 Å². The minimum atomic E-state index is -0.911. The van der Waals surface area contributed by atoms with Gasteiger partial charge in [0.2, 0.25) is 0 Å². The number of carboxylic acid groups (broad SMARTS) is 1. The lowest BCUT2D eigenvalue weighted by atomic mass is 9.91. The van der Waals surface area contributed by atoms with Gasteiger partial charge in [0, 0.05) is 18.5 Å². The standard InChI is InChI=1S/C15H19ClIN5O2/c1-15(2,3)11-9(16)10-8(13(18)19-11)12(17)20-22(10)7-4-5-21(6-7)14(23)24/h7H,4-6H2,1-3H3,(H2,18,19)(H,23,24)/t7-/m0/s1. The number of halogens is 2. The number of pyridine rings is 1. The van der Waals surface area contributed by atoms with Gasteiger partial charge in [0.15, 0.2) is 0 Å². The van der Waals surface area contributed by atoms with Gasteiger partial charge in [-0.15, -0.1) is 0 Å². The molecule has 3 N–H and O–H groups in total. The summed E-state index contributed by atoms with van der Waals surface area (Å²) in [6.45, 7) is 6.97. The van der Waals surface area contributed by atoms with Crippen LogP contribution in [0, 0.1) is 3.70 Å². The Bertz CT molecular complexity index is 830. The van der Waals surface area contributed by atoms with Crippen LogP contribution < -0.4 is 5.73 Å². The second kappa shape index (κ2) is 5.91. The summed E-state index contributed by atoms with van der Waals surface area (Å²) in [5.74, 6) is 0.406. The molecule has 0 bridgehead atoms. The van der Waals surface area contributed by atoms with E-state index < -0.39 is 6.09 Å². The number of nitrogens with two attached hydrogens (primary N) is 1. The van der Waals surface area contributed by atoms with E-state index in [1.807, 2.05) is 25.5 Å². The molecule has 3 rings (SSSR count). The summed E-state index contributed by atoms with van der Waals surface area (Å²) in [5, 5.41) is 15.1. The fourth-order valence-electron chi connectivity index (χ4n) is 3.06. The number of nitrogen functional groups attached to an aromatic ring is 1. The highest BCUT2D eigenvalue weighted by molar-refractivity contribution is 14.1. The number of fused-ring (bicyclic) bond motifs is 1. The monoisotopic (exact) mass is 463 g/mol. The summed E-state index contributed by atoms with van der Waals surface area (Å²) in [4.78, 5) is 17.1. The van der Waals surface area contributed by atoms with E-state index in [0.717, 1.165) is 20.3 Å². The van der Waals surface area contributed by atoms with Crippen molar-refractivity contribution in [1.82, 2.24) is 19.7 Å². The molecule has 0 saturated carbocycles.